The molecule has 1 N–H and O–H groups in total. The first-order chi connectivity index (χ1) is 8.22. The molecule has 1 aliphatic heterocycles. The third-order valence-corrected chi connectivity index (χ3v) is 5.10. The average molecular weight is 238 g/mol. The Labute approximate surface area is 107 Å². The van der Waals surface area contributed by atoms with Crippen LogP contribution in [-0.2, 0) is 0 Å². The maximum absolute atomic E-state index is 3.71. The van der Waals surface area contributed by atoms with E-state index in [1.54, 1.807) is 0 Å². The molecule has 2 rings (SSSR count). The normalized spacial score (nSPS) is 37.9. The highest BCUT2D eigenvalue weighted by Crippen LogP contribution is 2.29. The van der Waals surface area contributed by atoms with Gasteiger partial charge in [-0.15, -0.1) is 0 Å². The molecule has 0 radical (unpaired) electrons. The molecular weight excluding hydrogens is 208 g/mol. The Morgan fingerprint density at radius 2 is 2.06 bits per heavy atom. The lowest BCUT2D eigenvalue weighted by molar-refractivity contribution is 0.0696. The molecule has 1 heterocycles. The summed E-state index contributed by atoms with van der Waals surface area (Å²) in [6.07, 6.45) is 7.09. The van der Waals surface area contributed by atoms with Crippen LogP contribution in [0.3, 0.4) is 0 Å². The zero-order valence-corrected chi connectivity index (χ0v) is 11.9. The third-order valence-electron chi connectivity index (χ3n) is 5.10. The van der Waals surface area contributed by atoms with Crippen LogP contribution in [-0.4, -0.2) is 36.6 Å². The Kier molecular flexibility index (Phi) is 4.87. The summed E-state index contributed by atoms with van der Waals surface area (Å²) in [4.78, 5) is 2.79. The SMILES string of the molecule is CCC(C)C1CN(C2CCCCC2C)CCN1. The monoisotopic (exact) mass is 238 g/mol. The van der Waals surface area contributed by atoms with Crippen molar-refractivity contribution in [3.8, 4) is 0 Å². The zero-order valence-electron chi connectivity index (χ0n) is 11.9. The third kappa shape index (κ3) is 3.23. The van der Waals surface area contributed by atoms with Crippen molar-refractivity contribution in [3.05, 3.63) is 0 Å². The maximum Gasteiger partial charge on any atom is 0.0221 e. The second kappa shape index (κ2) is 6.19. The van der Waals surface area contributed by atoms with Crippen molar-refractivity contribution in [3.63, 3.8) is 0 Å². The highest BCUT2D eigenvalue weighted by Gasteiger charge is 2.31. The number of hydrogen-bond donors (Lipinski definition) is 1. The van der Waals surface area contributed by atoms with Crippen molar-refractivity contribution in [2.45, 2.75) is 65.0 Å². The van der Waals surface area contributed by atoms with Gasteiger partial charge in [-0.2, -0.15) is 0 Å². The van der Waals surface area contributed by atoms with Crippen LogP contribution in [0.2, 0.25) is 0 Å². The summed E-state index contributed by atoms with van der Waals surface area (Å²) < 4.78 is 0. The van der Waals surface area contributed by atoms with E-state index in [4.69, 9.17) is 0 Å². The van der Waals surface area contributed by atoms with Gasteiger partial charge in [0.15, 0.2) is 0 Å². The van der Waals surface area contributed by atoms with Crippen molar-refractivity contribution >= 4 is 0 Å². The van der Waals surface area contributed by atoms with Gasteiger partial charge in [0.1, 0.15) is 0 Å². The van der Waals surface area contributed by atoms with Gasteiger partial charge in [0.05, 0.1) is 0 Å². The van der Waals surface area contributed by atoms with E-state index in [0.29, 0.717) is 0 Å². The summed E-state index contributed by atoms with van der Waals surface area (Å²) in [5, 5.41) is 3.71. The lowest BCUT2D eigenvalue weighted by Gasteiger charge is -2.44. The van der Waals surface area contributed by atoms with Gasteiger partial charge in [0.25, 0.3) is 0 Å². The van der Waals surface area contributed by atoms with Gasteiger partial charge in [-0.05, 0) is 24.7 Å². The predicted octanol–water partition coefficient (Wildman–Crippen LogP) is 2.89. The molecule has 0 aromatic carbocycles. The number of nitrogens with zero attached hydrogens (tertiary/aromatic N) is 1. The van der Waals surface area contributed by atoms with Crippen molar-refractivity contribution in [1.82, 2.24) is 10.2 Å². The molecule has 1 saturated carbocycles. The molecule has 1 aliphatic carbocycles. The zero-order chi connectivity index (χ0) is 12.3. The quantitative estimate of drug-likeness (QED) is 0.813. The van der Waals surface area contributed by atoms with Gasteiger partial charge in [0.2, 0.25) is 0 Å². The van der Waals surface area contributed by atoms with E-state index in [0.717, 1.165) is 23.9 Å². The highest BCUT2D eigenvalue weighted by molar-refractivity contribution is 4.88. The molecule has 0 bridgehead atoms. The second-order valence-electron chi connectivity index (χ2n) is 6.27. The molecule has 0 aromatic rings. The molecule has 2 aliphatic rings. The van der Waals surface area contributed by atoms with Crippen LogP contribution in [0, 0.1) is 11.8 Å². The van der Waals surface area contributed by atoms with E-state index in [9.17, 15) is 0 Å². The molecule has 2 heteroatoms. The van der Waals surface area contributed by atoms with Crippen LogP contribution in [0.25, 0.3) is 0 Å². The number of piperazine rings is 1. The first-order valence-corrected chi connectivity index (χ1v) is 7.69. The fraction of sp³-hybridized carbons (Fsp3) is 1.00. The minimum Gasteiger partial charge on any atom is -0.311 e. The second-order valence-corrected chi connectivity index (χ2v) is 6.27. The Morgan fingerprint density at radius 1 is 1.29 bits per heavy atom. The molecule has 100 valence electrons. The van der Waals surface area contributed by atoms with E-state index < -0.39 is 0 Å². The molecule has 0 aromatic heterocycles. The van der Waals surface area contributed by atoms with Gasteiger partial charge in [-0.3, -0.25) is 4.90 Å². The summed E-state index contributed by atoms with van der Waals surface area (Å²) in [6.45, 7) is 10.9. The summed E-state index contributed by atoms with van der Waals surface area (Å²) in [6, 6.07) is 1.60. The minimum absolute atomic E-state index is 0.725. The van der Waals surface area contributed by atoms with Gasteiger partial charge >= 0.3 is 0 Å². The van der Waals surface area contributed by atoms with Crippen LogP contribution in [0.5, 0.6) is 0 Å². The van der Waals surface area contributed by atoms with E-state index in [1.165, 1.54) is 51.7 Å². The lowest BCUT2D eigenvalue weighted by atomic mass is 9.84. The van der Waals surface area contributed by atoms with Crippen molar-refractivity contribution in [1.29, 1.82) is 0 Å². The molecule has 0 amide bonds. The minimum atomic E-state index is 0.725. The molecule has 2 nitrogen and oxygen atoms in total. The topological polar surface area (TPSA) is 15.3 Å². The molecular formula is C15H30N2. The molecule has 4 unspecified atom stereocenters. The molecule has 0 spiro atoms. The number of nitrogens with one attached hydrogen (secondary N) is 1. The van der Waals surface area contributed by atoms with E-state index in [-0.39, 0.29) is 0 Å². The van der Waals surface area contributed by atoms with Crippen LogP contribution < -0.4 is 5.32 Å². The number of hydrogen-bond acceptors (Lipinski definition) is 2. The first kappa shape index (κ1) is 13.4. The Morgan fingerprint density at radius 3 is 2.76 bits per heavy atom. The molecule has 17 heavy (non-hydrogen) atoms. The predicted molar refractivity (Wildman–Crippen MR) is 74.2 cm³/mol. The van der Waals surface area contributed by atoms with E-state index in [2.05, 4.69) is 31.0 Å². The van der Waals surface area contributed by atoms with Crippen molar-refractivity contribution in [2.24, 2.45) is 11.8 Å². The smallest absolute Gasteiger partial charge is 0.0221 e. The van der Waals surface area contributed by atoms with Crippen LogP contribution in [0.15, 0.2) is 0 Å². The summed E-state index contributed by atoms with van der Waals surface area (Å²) >= 11 is 0. The molecule has 4 atom stereocenters. The van der Waals surface area contributed by atoms with Gasteiger partial charge < -0.3 is 5.32 Å². The Balaban J connectivity index is 1.91. The van der Waals surface area contributed by atoms with Gasteiger partial charge in [0, 0.05) is 31.7 Å². The van der Waals surface area contributed by atoms with Crippen LogP contribution >= 0.6 is 0 Å². The van der Waals surface area contributed by atoms with Crippen LogP contribution in [0.1, 0.15) is 52.9 Å². The Hall–Kier alpha value is -0.0800. The summed E-state index contributed by atoms with van der Waals surface area (Å²) in [5.74, 6) is 1.73. The Bertz CT molecular complexity index is 229. The van der Waals surface area contributed by atoms with Crippen LogP contribution in [0.4, 0.5) is 0 Å². The van der Waals surface area contributed by atoms with E-state index in [1.807, 2.05) is 0 Å². The highest BCUT2D eigenvalue weighted by atomic mass is 15.2. The van der Waals surface area contributed by atoms with Crippen molar-refractivity contribution < 1.29 is 0 Å². The first-order valence-electron chi connectivity index (χ1n) is 7.69. The lowest BCUT2D eigenvalue weighted by Crippen LogP contribution is -2.57. The van der Waals surface area contributed by atoms with Crippen molar-refractivity contribution in [2.75, 3.05) is 19.6 Å². The maximum atomic E-state index is 3.71. The fourth-order valence-electron chi connectivity index (χ4n) is 3.61. The average Bonchev–Trinajstić information content (AvgIpc) is 2.38. The fourth-order valence-corrected chi connectivity index (χ4v) is 3.61. The number of rotatable bonds is 3. The van der Waals surface area contributed by atoms with E-state index >= 15 is 0 Å². The largest absolute Gasteiger partial charge is 0.311 e. The summed E-state index contributed by atoms with van der Waals surface area (Å²) in [7, 11) is 0. The van der Waals surface area contributed by atoms with Gasteiger partial charge in [-0.25, -0.2) is 0 Å². The molecule has 1 saturated heterocycles. The summed E-state index contributed by atoms with van der Waals surface area (Å²) in [5.41, 5.74) is 0. The molecule has 2 fully saturated rings. The van der Waals surface area contributed by atoms with Gasteiger partial charge in [-0.1, -0.05) is 40.0 Å². The standard InChI is InChI=1S/C15H30N2/c1-4-12(2)14-11-17(10-9-16-14)15-8-6-5-7-13(15)3/h12-16H,4-11H2,1-3H3.